The van der Waals surface area contributed by atoms with Crippen LogP contribution in [0.3, 0.4) is 0 Å². The molecule has 4 nitrogen and oxygen atoms in total. The van der Waals surface area contributed by atoms with Gasteiger partial charge in [-0.15, -0.1) is 0 Å². The van der Waals surface area contributed by atoms with Crippen molar-refractivity contribution in [2.45, 2.75) is 45.4 Å². The highest BCUT2D eigenvalue weighted by atomic mass is 79.9. The number of halogens is 1. The van der Waals surface area contributed by atoms with E-state index in [1.165, 1.54) is 24.9 Å². The van der Waals surface area contributed by atoms with E-state index in [0.717, 1.165) is 34.6 Å². The second-order valence-electron chi connectivity index (χ2n) is 8.32. The third kappa shape index (κ3) is 5.51. The van der Waals surface area contributed by atoms with E-state index in [0.29, 0.717) is 0 Å². The minimum absolute atomic E-state index is 0.0153. The van der Waals surface area contributed by atoms with Gasteiger partial charge in [-0.05, 0) is 67.1 Å². The molecule has 3 rings (SSSR count). The number of carbonyl (C=O) groups is 1. The minimum atomic E-state index is -0.159. The second-order valence-corrected chi connectivity index (χ2v) is 9.24. The number of piperidine rings is 1. The first-order chi connectivity index (χ1) is 13.3. The highest BCUT2D eigenvalue weighted by Crippen LogP contribution is 2.33. The van der Waals surface area contributed by atoms with E-state index in [4.69, 9.17) is 4.74 Å². The molecule has 2 aromatic carbocycles. The topological polar surface area (TPSA) is 41.6 Å². The summed E-state index contributed by atoms with van der Waals surface area (Å²) in [7, 11) is 0. The Hall–Kier alpha value is -2.01. The maximum atomic E-state index is 12.3. The van der Waals surface area contributed by atoms with Crippen LogP contribution in [0.5, 0.6) is 5.75 Å². The van der Waals surface area contributed by atoms with Crippen molar-refractivity contribution in [3.05, 3.63) is 52.5 Å². The number of amides is 1. The lowest BCUT2D eigenvalue weighted by molar-refractivity contribution is -0.118. The van der Waals surface area contributed by atoms with Crippen LogP contribution in [0.1, 0.15) is 45.6 Å². The number of hydrogen-bond acceptors (Lipinski definition) is 3. The van der Waals surface area contributed by atoms with Crippen molar-refractivity contribution in [3.8, 4) is 5.75 Å². The van der Waals surface area contributed by atoms with Crippen LogP contribution < -0.4 is 15.0 Å². The van der Waals surface area contributed by atoms with Crippen molar-refractivity contribution >= 4 is 33.2 Å². The Morgan fingerprint density at radius 3 is 2.39 bits per heavy atom. The summed E-state index contributed by atoms with van der Waals surface area (Å²) < 4.78 is 6.83. The summed E-state index contributed by atoms with van der Waals surface area (Å²) in [6, 6.07) is 14.0. The molecule has 1 saturated heterocycles. The molecular formula is C23H29BrN2O2. The number of hydrogen-bond donors (Lipinski definition) is 1. The van der Waals surface area contributed by atoms with Crippen molar-refractivity contribution in [3.63, 3.8) is 0 Å². The first-order valence-electron chi connectivity index (χ1n) is 9.90. The summed E-state index contributed by atoms with van der Waals surface area (Å²) in [5.41, 5.74) is 3.01. The molecule has 2 aromatic rings. The molecule has 150 valence electrons. The van der Waals surface area contributed by atoms with Gasteiger partial charge in [-0.25, -0.2) is 0 Å². The van der Waals surface area contributed by atoms with Crippen LogP contribution in [-0.4, -0.2) is 25.6 Å². The molecule has 0 radical (unpaired) electrons. The lowest BCUT2D eigenvalue weighted by Crippen LogP contribution is -2.29. The average molecular weight is 445 g/mol. The zero-order valence-electron chi connectivity index (χ0n) is 16.9. The van der Waals surface area contributed by atoms with Crippen LogP contribution in [-0.2, 0) is 10.2 Å². The molecule has 0 atom stereocenters. The maximum absolute atomic E-state index is 12.3. The molecule has 1 aliphatic heterocycles. The predicted octanol–water partition coefficient (Wildman–Crippen LogP) is 5.75. The molecule has 0 bridgehead atoms. The Morgan fingerprint density at radius 1 is 1.07 bits per heavy atom. The number of carbonyl (C=O) groups excluding carboxylic acids is 1. The molecule has 0 aromatic heterocycles. The molecule has 0 spiro atoms. The van der Waals surface area contributed by atoms with Gasteiger partial charge in [0.15, 0.2) is 6.61 Å². The first kappa shape index (κ1) is 20.7. The van der Waals surface area contributed by atoms with Crippen molar-refractivity contribution in [1.29, 1.82) is 0 Å². The van der Waals surface area contributed by atoms with Crippen molar-refractivity contribution in [2.75, 3.05) is 29.9 Å². The smallest absolute Gasteiger partial charge is 0.262 e. The SMILES string of the molecule is CC(C)(C)c1cc(Br)ccc1OCC(=O)Nc1ccc(N2CCCCC2)cc1. The molecule has 5 heteroatoms. The van der Waals surface area contributed by atoms with Gasteiger partial charge >= 0.3 is 0 Å². The third-order valence-electron chi connectivity index (χ3n) is 4.98. The van der Waals surface area contributed by atoms with Crippen LogP contribution in [0.4, 0.5) is 11.4 Å². The zero-order valence-corrected chi connectivity index (χ0v) is 18.5. The number of rotatable bonds is 5. The second kappa shape index (κ2) is 8.99. The lowest BCUT2D eigenvalue weighted by Gasteiger charge is -2.28. The Balaban J connectivity index is 1.58. The predicted molar refractivity (Wildman–Crippen MR) is 119 cm³/mol. The molecule has 1 amide bonds. The molecule has 1 heterocycles. The fourth-order valence-electron chi connectivity index (χ4n) is 3.46. The van der Waals surface area contributed by atoms with E-state index in [2.05, 4.69) is 59.1 Å². The highest BCUT2D eigenvalue weighted by Gasteiger charge is 2.20. The molecule has 28 heavy (non-hydrogen) atoms. The lowest BCUT2D eigenvalue weighted by atomic mass is 9.86. The largest absolute Gasteiger partial charge is 0.483 e. The quantitative estimate of drug-likeness (QED) is 0.637. The molecule has 1 N–H and O–H groups in total. The monoisotopic (exact) mass is 444 g/mol. The summed E-state index contributed by atoms with van der Waals surface area (Å²) >= 11 is 3.51. The van der Waals surface area contributed by atoms with Gasteiger partial charge in [0.2, 0.25) is 0 Å². The summed E-state index contributed by atoms with van der Waals surface area (Å²) in [4.78, 5) is 14.7. The van der Waals surface area contributed by atoms with Gasteiger partial charge in [0.05, 0.1) is 0 Å². The van der Waals surface area contributed by atoms with E-state index in [-0.39, 0.29) is 17.9 Å². The number of nitrogens with zero attached hydrogens (tertiary/aromatic N) is 1. The summed E-state index contributed by atoms with van der Waals surface area (Å²) in [6.45, 7) is 8.60. The molecule has 0 unspecified atom stereocenters. The van der Waals surface area contributed by atoms with Crippen LogP contribution >= 0.6 is 15.9 Å². The van der Waals surface area contributed by atoms with E-state index in [9.17, 15) is 4.79 Å². The normalized spacial score (nSPS) is 14.6. The van der Waals surface area contributed by atoms with Crippen molar-refractivity contribution < 1.29 is 9.53 Å². The number of benzene rings is 2. The summed E-state index contributed by atoms with van der Waals surface area (Å²) in [5.74, 6) is 0.583. The highest BCUT2D eigenvalue weighted by molar-refractivity contribution is 9.10. The average Bonchev–Trinajstić information content (AvgIpc) is 2.67. The Bertz CT molecular complexity index is 806. The van der Waals surface area contributed by atoms with Gasteiger partial charge in [-0.2, -0.15) is 0 Å². The van der Waals surface area contributed by atoms with Crippen LogP contribution in [0.2, 0.25) is 0 Å². The van der Waals surface area contributed by atoms with Crippen LogP contribution in [0.25, 0.3) is 0 Å². The van der Waals surface area contributed by atoms with Gasteiger partial charge in [-0.1, -0.05) is 36.7 Å². The summed E-state index contributed by atoms with van der Waals surface area (Å²) in [5, 5.41) is 2.92. The minimum Gasteiger partial charge on any atom is -0.483 e. The number of anilines is 2. The van der Waals surface area contributed by atoms with Gasteiger partial charge < -0.3 is 15.0 Å². The molecule has 1 fully saturated rings. The Morgan fingerprint density at radius 2 is 1.75 bits per heavy atom. The standard InChI is InChI=1S/C23H29BrN2O2/c1-23(2,3)20-15-17(24)7-12-21(20)28-16-22(27)25-18-8-10-19(11-9-18)26-13-5-4-6-14-26/h7-12,15H,4-6,13-14,16H2,1-3H3,(H,25,27). The van der Waals surface area contributed by atoms with E-state index < -0.39 is 0 Å². The summed E-state index contributed by atoms with van der Waals surface area (Å²) in [6.07, 6.45) is 3.82. The fourth-order valence-corrected chi connectivity index (χ4v) is 3.82. The molecular weight excluding hydrogens is 416 g/mol. The van der Waals surface area contributed by atoms with Gasteiger partial charge in [0.25, 0.3) is 5.91 Å². The van der Waals surface area contributed by atoms with E-state index in [1.54, 1.807) is 0 Å². The van der Waals surface area contributed by atoms with Gasteiger partial charge in [-0.3, -0.25) is 4.79 Å². The molecule has 1 aliphatic rings. The zero-order chi connectivity index (χ0) is 20.1. The maximum Gasteiger partial charge on any atom is 0.262 e. The Labute approximate surface area is 176 Å². The fraction of sp³-hybridized carbons (Fsp3) is 0.435. The molecule has 0 saturated carbocycles. The Kier molecular flexibility index (Phi) is 6.65. The third-order valence-corrected chi connectivity index (χ3v) is 5.47. The van der Waals surface area contributed by atoms with Crippen LogP contribution in [0, 0.1) is 0 Å². The van der Waals surface area contributed by atoms with E-state index >= 15 is 0 Å². The molecule has 0 aliphatic carbocycles. The van der Waals surface area contributed by atoms with Crippen molar-refractivity contribution in [2.24, 2.45) is 0 Å². The van der Waals surface area contributed by atoms with Gasteiger partial charge in [0, 0.05) is 34.5 Å². The number of nitrogens with one attached hydrogen (secondary N) is 1. The number of ether oxygens (including phenoxy) is 1. The first-order valence-corrected chi connectivity index (χ1v) is 10.7. The van der Waals surface area contributed by atoms with Crippen molar-refractivity contribution in [1.82, 2.24) is 0 Å². The van der Waals surface area contributed by atoms with Crippen LogP contribution in [0.15, 0.2) is 46.9 Å². The van der Waals surface area contributed by atoms with Gasteiger partial charge in [0.1, 0.15) is 5.75 Å². The van der Waals surface area contributed by atoms with E-state index in [1.807, 2.05) is 30.3 Å².